The van der Waals surface area contributed by atoms with E-state index in [1.165, 1.54) is 6.26 Å². The molecular weight excluding hydrogens is 286 g/mol. The van der Waals surface area contributed by atoms with Gasteiger partial charge < -0.3 is 10.4 Å². The lowest BCUT2D eigenvalue weighted by molar-refractivity contribution is -0.145. The number of sulfone groups is 1. The summed E-state index contributed by atoms with van der Waals surface area (Å²) in [4.78, 5) is 11.3. The zero-order valence-electron chi connectivity index (χ0n) is 11.9. The molecule has 0 radical (unpaired) electrons. The quantitative estimate of drug-likeness (QED) is 0.561. The Labute approximate surface area is 120 Å². The Morgan fingerprint density at radius 1 is 1.32 bits per heavy atom. The minimum absolute atomic E-state index is 0.183. The van der Waals surface area contributed by atoms with E-state index in [1.54, 1.807) is 11.8 Å². The second-order valence-electron chi connectivity index (χ2n) is 4.62. The van der Waals surface area contributed by atoms with Gasteiger partial charge in [-0.25, -0.2) is 8.42 Å². The summed E-state index contributed by atoms with van der Waals surface area (Å²) in [5.74, 6) is 0.739. The second kappa shape index (κ2) is 8.81. The third-order valence-corrected chi connectivity index (χ3v) is 5.29. The summed E-state index contributed by atoms with van der Waals surface area (Å²) >= 11 is 1.56. The lowest BCUT2D eigenvalue weighted by Crippen LogP contribution is -2.51. The molecule has 0 aliphatic heterocycles. The summed E-state index contributed by atoms with van der Waals surface area (Å²) in [6.07, 6.45) is 3.11. The molecular formula is C12H25NO4S2. The largest absolute Gasteiger partial charge is 0.480 e. The molecule has 0 saturated carbocycles. The predicted octanol–water partition coefficient (Wildman–Crippen LogP) is 1.39. The molecule has 0 aromatic rings. The van der Waals surface area contributed by atoms with E-state index in [1.807, 2.05) is 13.8 Å². The van der Waals surface area contributed by atoms with Crippen molar-refractivity contribution in [3.63, 3.8) is 0 Å². The van der Waals surface area contributed by atoms with Gasteiger partial charge in [-0.2, -0.15) is 11.8 Å². The van der Waals surface area contributed by atoms with Crippen molar-refractivity contribution >= 4 is 27.6 Å². The van der Waals surface area contributed by atoms with Crippen molar-refractivity contribution in [2.45, 2.75) is 38.6 Å². The molecule has 0 amide bonds. The highest BCUT2D eigenvalue weighted by molar-refractivity contribution is 8.00. The molecule has 2 N–H and O–H groups in total. The van der Waals surface area contributed by atoms with E-state index in [9.17, 15) is 18.3 Å². The van der Waals surface area contributed by atoms with Crippen LogP contribution in [0.1, 0.15) is 33.1 Å². The minimum atomic E-state index is -2.89. The molecule has 7 heteroatoms. The summed E-state index contributed by atoms with van der Waals surface area (Å²) in [6, 6.07) is 0. The zero-order chi connectivity index (χ0) is 14.9. The number of carboxylic acids is 1. The number of carbonyl (C=O) groups is 1. The normalized spacial score (nSPS) is 15.1. The average Bonchev–Trinajstić information content (AvgIpc) is 2.30. The Morgan fingerprint density at radius 3 is 2.37 bits per heavy atom. The first-order valence-electron chi connectivity index (χ1n) is 6.51. The lowest BCUT2D eigenvalue weighted by atomic mass is 9.91. The standard InChI is InChI=1S/C12H25NO4S2/c1-4-12(11(14)15,13-5-2)7-6-8-18-9-10-19(3,16)17/h13H,4-10H2,1-3H3,(H,14,15). The van der Waals surface area contributed by atoms with E-state index >= 15 is 0 Å². The van der Waals surface area contributed by atoms with Gasteiger partial charge in [0.15, 0.2) is 0 Å². The molecule has 0 aliphatic rings. The van der Waals surface area contributed by atoms with Crippen LogP contribution in [0.5, 0.6) is 0 Å². The summed E-state index contributed by atoms with van der Waals surface area (Å²) in [7, 11) is -2.89. The van der Waals surface area contributed by atoms with Gasteiger partial charge in [-0.15, -0.1) is 0 Å². The average molecular weight is 311 g/mol. The van der Waals surface area contributed by atoms with Crippen LogP contribution in [0.25, 0.3) is 0 Å². The molecule has 19 heavy (non-hydrogen) atoms. The molecule has 0 aromatic carbocycles. The number of aliphatic carboxylic acids is 1. The maximum absolute atomic E-state index is 11.3. The molecule has 0 fully saturated rings. The van der Waals surface area contributed by atoms with Crippen molar-refractivity contribution in [3.05, 3.63) is 0 Å². The number of rotatable bonds is 11. The molecule has 0 rings (SSSR count). The van der Waals surface area contributed by atoms with Crippen LogP contribution in [-0.2, 0) is 14.6 Å². The van der Waals surface area contributed by atoms with Gasteiger partial charge in [0.05, 0.1) is 5.75 Å². The fourth-order valence-electron chi connectivity index (χ4n) is 1.85. The van der Waals surface area contributed by atoms with Gasteiger partial charge in [0, 0.05) is 12.0 Å². The molecule has 0 spiro atoms. The Hall–Kier alpha value is -0.270. The Kier molecular flexibility index (Phi) is 8.69. The second-order valence-corrected chi connectivity index (χ2v) is 8.10. The molecule has 114 valence electrons. The van der Waals surface area contributed by atoms with Crippen LogP contribution in [0, 0.1) is 0 Å². The fourth-order valence-corrected chi connectivity index (χ4v) is 4.09. The third kappa shape index (κ3) is 7.79. The van der Waals surface area contributed by atoms with Crippen molar-refractivity contribution in [1.29, 1.82) is 0 Å². The molecule has 5 nitrogen and oxygen atoms in total. The summed E-state index contributed by atoms with van der Waals surface area (Å²) in [5, 5.41) is 12.4. The number of nitrogens with one attached hydrogen (secondary N) is 1. The first-order chi connectivity index (χ1) is 8.77. The van der Waals surface area contributed by atoms with E-state index in [0.29, 0.717) is 25.1 Å². The number of likely N-dealkylation sites (N-methyl/N-ethyl adjacent to an activating group) is 1. The lowest BCUT2D eigenvalue weighted by Gasteiger charge is -2.29. The fraction of sp³-hybridized carbons (Fsp3) is 0.917. The van der Waals surface area contributed by atoms with Crippen LogP contribution in [0.15, 0.2) is 0 Å². The summed E-state index contributed by atoms with van der Waals surface area (Å²) in [6.45, 7) is 4.39. The molecule has 0 bridgehead atoms. The SMILES string of the molecule is CCNC(CC)(CCCSCCS(C)(=O)=O)C(=O)O. The van der Waals surface area contributed by atoms with Gasteiger partial charge in [-0.05, 0) is 31.6 Å². The topological polar surface area (TPSA) is 83.5 Å². The van der Waals surface area contributed by atoms with Gasteiger partial charge in [0.1, 0.15) is 15.4 Å². The zero-order valence-corrected chi connectivity index (χ0v) is 13.6. The van der Waals surface area contributed by atoms with Crippen LogP contribution >= 0.6 is 11.8 Å². The third-order valence-electron chi connectivity index (χ3n) is 3.02. The molecule has 1 unspecified atom stereocenters. The molecule has 0 aromatic heterocycles. The highest BCUT2D eigenvalue weighted by Gasteiger charge is 2.34. The highest BCUT2D eigenvalue weighted by Crippen LogP contribution is 2.19. The number of carboxylic acid groups (broad SMARTS) is 1. The van der Waals surface area contributed by atoms with E-state index in [2.05, 4.69) is 5.32 Å². The van der Waals surface area contributed by atoms with E-state index < -0.39 is 21.3 Å². The van der Waals surface area contributed by atoms with Crippen molar-refractivity contribution in [2.75, 3.05) is 30.1 Å². The summed E-state index contributed by atoms with van der Waals surface area (Å²) < 4.78 is 21.9. The van der Waals surface area contributed by atoms with Gasteiger partial charge in [0.2, 0.25) is 0 Å². The van der Waals surface area contributed by atoms with Crippen LogP contribution in [0.4, 0.5) is 0 Å². The van der Waals surface area contributed by atoms with E-state index in [4.69, 9.17) is 0 Å². The van der Waals surface area contributed by atoms with Crippen molar-refractivity contribution in [1.82, 2.24) is 5.32 Å². The first-order valence-corrected chi connectivity index (χ1v) is 9.73. The number of thioether (sulfide) groups is 1. The smallest absolute Gasteiger partial charge is 0.323 e. The van der Waals surface area contributed by atoms with Gasteiger partial charge >= 0.3 is 5.97 Å². The van der Waals surface area contributed by atoms with Crippen LogP contribution in [0.3, 0.4) is 0 Å². The Bertz CT molecular complexity index is 370. The Balaban J connectivity index is 4.04. The maximum atomic E-state index is 11.3. The van der Waals surface area contributed by atoms with E-state index in [-0.39, 0.29) is 5.75 Å². The number of hydrogen-bond acceptors (Lipinski definition) is 5. The van der Waals surface area contributed by atoms with Crippen molar-refractivity contribution in [3.8, 4) is 0 Å². The summed E-state index contributed by atoms with van der Waals surface area (Å²) in [5.41, 5.74) is -0.841. The molecule has 1 atom stereocenters. The van der Waals surface area contributed by atoms with Crippen molar-refractivity contribution < 1.29 is 18.3 Å². The van der Waals surface area contributed by atoms with Crippen LogP contribution in [-0.4, -0.2) is 55.1 Å². The van der Waals surface area contributed by atoms with Gasteiger partial charge in [-0.1, -0.05) is 13.8 Å². The predicted molar refractivity (Wildman–Crippen MR) is 80.6 cm³/mol. The molecule has 0 heterocycles. The van der Waals surface area contributed by atoms with Gasteiger partial charge in [-0.3, -0.25) is 4.79 Å². The van der Waals surface area contributed by atoms with Crippen molar-refractivity contribution in [2.24, 2.45) is 0 Å². The maximum Gasteiger partial charge on any atom is 0.323 e. The minimum Gasteiger partial charge on any atom is -0.480 e. The molecule has 0 aliphatic carbocycles. The Morgan fingerprint density at radius 2 is 1.95 bits per heavy atom. The highest BCUT2D eigenvalue weighted by atomic mass is 32.2. The van der Waals surface area contributed by atoms with Crippen LogP contribution in [0.2, 0.25) is 0 Å². The number of hydrogen-bond donors (Lipinski definition) is 2. The first kappa shape index (κ1) is 18.7. The van der Waals surface area contributed by atoms with E-state index in [0.717, 1.165) is 12.2 Å². The van der Waals surface area contributed by atoms with Crippen LogP contribution < -0.4 is 5.32 Å². The van der Waals surface area contributed by atoms with Gasteiger partial charge in [0.25, 0.3) is 0 Å². The monoisotopic (exact) mass is 311 g/mol. The molecule has 0 saturated heterocycles.